The Morgan fingerprint density at radius 1 is 1.17 bits per heavy atom. The minimum absolute atomic E-state index is 0.0876. The lowest BCUT2D eigenvalue weighted by molar-refractivity contribution is -0.116. The number of benzene rings is 1. The lowest BCUT2D eigenvalue weighted by atomic mass is 10.0. The maximum absolute atomic E-state index is 12.0. The minimum atomic E-state index is -2.97. The van der Waals surface area contributed by atoms with Crippen molar-refractivity contribution in [2.75, 3.05) is 16.8 Å². The largest absolute Gasteiger partial charge is 0.349 e. The molecule has 1 saturated carbocycles. The van der Waals surface area contributed by atoms with Gasteiger partial charge in [-0.15, -0.1) is 0 Å². The molecule has 1 aliphatic carbocycles. The Labute approximate surface area is 135 Å². The Bertz CT molecular complexity index is 725. The predicted octanol–water partition coefficient (Wildman–Crippen LogP) is 1.34. The lowest BCUT2D eigenvalue weighted by Gasteiger charge is -2.10. The maximum Gasteiger partial charge on any atom is 0.251 e. The molecular formula is C16H20N2O4S. The third-order valence-electron chi connectivity index (χ3n) is 4.12. The summed E-state index contributed by atoms with van der Waals surface area (Å²) >= 11 is 0. The monoisotopic (exact) mass is 336 g/mol. The van der Waals surface area contributed by atoms with E-state index in [1.54, 1.807) is 24.3 Å². The van der Waals surface area contributed by atoms with Crippen LogP contribution in [0, 0.1) is 5.92 Å². The van der Waals surface area contributed by atoms with E-state index in [0.29, 0.717) is 17.7 Å². The summed E-state index contributed by atoms with van der Waals surface area (Å²) in [5.41, 5.74) is 1.07. The molecule has 1 unspecified atom stereocenters. The molecule has 1 saturated heterocycles. The van der Waals surface area contributed by atoms with Crippen LogP contribution < -0.4 is 10.6 Å². The zero-order valence-corrected chi connectivity index (χ0v) is 13.6. The van der Waals surface area contributed by atoms with Gasteiger partial charge in [-0.25, -0.2) is 8.42 Å². The van der Waals surface area contributed by atoms with Gasteiger partial charge in [0.15, 0.2) is 9.84 Å². The van der Waals surface area contributed by atoms with E-state index in [0.717, 1.165) is 12.8 Å². The van der Waals surface area contributed by atoms with Crippen LogP contribution in [0.5, 0.6) is 0 Å². The molecule has 2 amide bonds. The zero-order valence-electron chi connectivity index (χ0n) is 12.7. The molecule has 1 aromatic carbocycles. The molecule has 1 aliphatic heterocycles. The summed E-state index contributed by atoms with van der Waals surface area (Å²) in [7, 11) is -2.97. The first kappa shape index (κ1) is 16.0. The summed E-state index contributed by atoms with van der Waals surface area (Å²) in [5.74, 6) is -0.204. The second-order valence-corrected chi connectivity index (χ2v) is 8.58. The third kappa shape index (κ3) is 4.54. The molecule has 3 rings (SSSR count). The number of carbonyl (C=O) groups excluding carboxylic acids is 2. The Morgan fingerprint density at radius 2 is 1.96 bits per heavy atom. The van der Waals surface area contributed by atoms with Crippen LogP contribution in [0.15, 0.2) is 24.3 Å². The highest BCUT2D eigenvalue weighted by Crippen LogP contribution is 2.23. The van der Waals surface area contributed by atoms with Crippen LogP contribution >= 0.6 is 0 Å². The lowest BCUT2D eigenvalue weighted by Crippen LogP contribution is -2.25. The van der Waals surface area contributed by atoms with Crippen LogP contribution in [0.2, 0.25) is 0 Å². The average molecular weight is 336 g/mol. The number of sulfone groups is 1. The zero-order chi connectivity index (χ0) is 16.4. The first-order chi connectivity index (χ1) is 10.9. The smallest absolute Gasteiger partial charge is 0.251 e. The predicted molar refractivity (Wildman–Crippen MR) is 86.9 cm³/mol. The van der Waals surface area contributed by atoms with Crippen molar-refractivity contribution in [3.05, 3.63) is 29.8 Å². The van der Waals surface area contributed by atoms with Crippen LogP contribution in [0.25, 0.3) is 0 Å². The highest BCUT2D eigenvalue weighted by Gasteiger charge is 2.29. The molecule has 7 heteroatoms. The Balaban J connectivity index is 1.56. The number of hydrogen-bond acceptors (Lipinski definition) is 4. The fourth-order valence-electron chi connectivity index (χ4n) is 2.74. The van der Waals surface area contributed by atoms with Crippen LogP contribution in [-0.4, -0.2) is 37.8 Å². The van der Waals surface area contributed by atoms with Crippen molar-refractivity contribution in [1.82, 2.24) is 5.32 Å². The summed E-state index contributed by atoms with van der Waals surface area (Å²) < 4.78 is 22.8. The molecule has 0 spiro atoms. The van der Waals surface area contributed by atoms with Gasteiger partial charge in [-0.05, 0) is 43.4 Å². The molecule has 6 nitrogen and oxygen atoms in total. The van der Waals surface area contributed by atoms with E-state index in [-0.39, 0.29) is 41.7 Å². The van der Waals surface area contributed by atoms with Gasteiger partial charge in [0.2, 0.25) is 5.91 Å². The van der Waals surface area contributed by atoms with Gasteiger partial charge in [0, 0.05) is 23.7 Å². The first-order valence-corrected chi connectivity index (χ1v) is 9.65. The Kier molecular flexibility index (Phi) is 4.39. The van der Waals surface area contributed by atoms with Crippen molar-refractivity contribution in [2.45, 2.75) is 31.7 Å². The normalized spacial score (nSPS) is 22.5. The second-order valence-electron chi connectivity index (χ2n) is 6.35. The van der Waals surface area contributed by atoms with E-state index in [2.05, 4.69) is 10.6 Å². The van der Waals surface area contributed by atoms with Gasteiger partial charge < -0.3 is 10.6 Å². The highest BCUT2D eigenvalue weighted by atomic mass is 32.2. The molecular weight excluding hydrogens is 316 g/mol. The second kappa shape index (κ2) is 6.31. The molecule has 0 aromatic heterocycles. The van der Waals surface area contributed by atoms with Gasteiger partial charge in [0.05, 0.1) is 11.5 Å². The molecule has 0 bridgehead atoms. The number of rotatable bonds is 5. The van der Waals surface area contributed by atoms with Crippen molar-refractivity contribution >= 4 is 27.3 Å². The fourth-order valence-corrected chi connectivity index (χ4v) is 4.60. The number of hydrogen-bond donors (Lipinski definition) is 2. The number of anilines is 1. The molecule has 0 radical (unpaired) electrons. The molecule has 1 atom stereocenters. The molecule has 23 heavy (non-hydrogen) atoms. The van der Waals surface area contributed by atoms with Crippen LogP contribution in [0.3, 0.4) is 0 Å². The van der Waals surface area contributed by atoms with E-state index >= 15 is 0 Å². The van der Waals surface area contributed by atoms with Crippen LogP contribution in [-0.2, 0) is 14.6 Å². The van der Waals surface area contributed by atoms with Gasteiger partial charge >= 0.3 is 0 Å². The van der Waals surface area contributed by atoms with Crippen molar-refractivity contribution in [3.8, 4) is 0 Å². The van der Waals surface area contributed by atoms with E-state index in [1.165, 1.54) is 0 Å². The van der Waals surface area contributed by atoms with Crippen molar-refractivity contribution in [2.24, 2.45) is 5.92 Å². The SMILES string of the molecule is O=C(CC1CCS(=O)(=O)C1)Nc1cccc(C(=O)NC2CC2)c1. The fraction of sp³-hybridized carbons (Fsp3) is 0.500. The maximum atomic E-state index is 12.0. The summed E-state index contributed by atoms with van der Waals surface area (Å²) in [5, 5.41) is 5.65. The van der Waals surface area contributed by atoms with Gasteiger partial charge in [-0.2, -0.15) is 0 Å². The van der Waals surface area contributed by atoms with E-state index in [9.17, 15) is 18.0 Å². The quantitative estimate of drug-likeness (QED) is 0.849. The van der Waals surface area contributed by atoms with Gasteiger partial charge in [0.25, 0.3) is 5.91 Å². The van der Waals surface area contributed by atoms with Crippen LogP contribution in [0.4, 0.5) is 5.69 Å². The number of amides is 2. The molecule has 2 aliphatic rings. The highest BCUT2D eigenvalue weighted by molar-refractivity contribution is 7.91. The third-order valence-corrected chi connectivity index (χ3v) is 5.96. The van der Waals surface area contributed by atoms with Crippen molar-refractivity contribution in [3.63, 3.8) is 0 Å². The summed E-state index contributed by atoms with van der Waals surface area (Å²) in [6, 6.07) is 7.07. The van der Waals surface area contributed by atoms with Gasteiger partial charge in [-0.3, -0.25) is 9.59 Å². The Hall–Kier alpha value is -1.89. The topological polar surface area (TPSA) is 92.3 Å². The molecule has 1 aromatic rings. The van der Waals surface area contributed by atoms with Crippen molar-refractivity contribution in [1.29, 1.82) is 0 Å². The molecule has 2 N–H and O–H groups in total. The standard InChI is InChI=1S/C16H20N2O4S/c19-15(8-11-6-7-23(21,22)10-11)17-14-3-1-2-12(9-14)16(20)18-13-4-5-13/h1-3,9,11,13H,4-8,10H2,(H,17,19)(H,18,20). The minimum Gasteiger partial charge on any atom is -0.349 e. The molecule has 2 fully saturated rings. The van der Waals surface area contributed by atoms with E-state index in [1.807, 2.05) is 0 Å². The summed E-state index contributed by atoms with van der Waals surface area (Å²) in [4.78, 5) is 24.0. The Morgan fingerprint density at radius 3 is 2.61 bits per heavy atom. The van der Waals surface area contributed by atoms with Gasteiger partial charge in [0.1, 0.15) is 0 Å². The van der Waals surface area contributed by atoms with E-state index in [4.69, 9.17) is 0 Å². The summed E-state index contributed by atoms with van der Waals surface area (Å²) in [6.45, 7) is 0. The first-order valence-electron chi connectivity index (χ1n) is 7.82. The van der Waals surface area contributed by atoms with E-state index < -0.39 is 9.84 Å². The number of carbonyl (C=O) groups is 2. The molecule has 1 heterocycles. The van der Waals surface area contributed by atoms with Gasteiger partial charge in [-0.1, -0.05) is 6.07 Å². The summed E-state index contributed by atoms with van der Waals surface area (Å²) in [6.07, 6.45) is 2.77. The number of nitrogens with one attached hydrogen (secondary N) is 2. The molecule has 124 valence electrons. The van der Waals surface area contributed by atoms with Crippen LogP contribution in [0.1, 0.15) is 36.0 Å². The van der Waals surface area contributed by atoms with Crippen molar-refractivity contribution < 1.29 is 18.0 Å². The average Bonchev–Trinajstić information content (AvgIpc) is 3.22.